The third kappa shape index (κ3) is 13.2. The van der Waals surface area contributed by atoms with Crippen LogP contribution in [0.3, 0.4) is 0 Å². The number of Topliss-reactive ketones (excluding diaryl/α,β-unsaturated/α-hetero) is 1. The van der Waals surface area contributed by atoms with Gasteiger partial charge in [0, 0.05) is 17.3 Å². The van der Waals surface area contributed by atoms with Crippen molar-refractivity contribution in [3.05, 3.63) is 72.1 Å². The zero-order valence-electron chi connectivity index (χ0n) is 27.9. The summed E-state index contributed by atoms with van der Waals surface area (Å²) in [4.78, 5) is 15.6. The van der Waals surface area contributed by atoms with E-state index >= 15 is 0 Å². The number of hydrazine groups is 1. The Balaban J connectivity index is 0. The summed E-state index contributed by atoms with van der Waals surface area (Å²) in [5.74, 6) is 5.12. The molecule has 0 bridgehead atoms. The molecule has 2 aromatic rings. The quantitative estimate of drug-likeness (QED) is 0.105. The first-order chi connectivity index (χ1) is 20.8. The van der Waals surface area contributed by atoms with Crippen molar-refractivity contribution in [3.8, 4) is 0 Å². The molecule has 1 aliphatic rings. The number of benzene rings is 2. The summed E-state index contributed by atoms with van der Waals surface area (Å²) in [7, 11) is -6.36. The lowest BCUT2D eigenvalue weighted by Crippen LogP contribution is -2.30. The van der Waals surface area contributed by atoms with Gasteiger partial charge in [0.2, 0.25) is 0 Å². The molecule has 2 atom stereocenters. The molecular weight excluding hydrogens is 648 g/mol. The second-order valence-electron chi connectivity index (χ2n) is 10.1. The summed E-state index contributed by atoms with van der Waals surface area (Å²) < 4.78 is 46.2. The van der Waals surface area contributed by atoms with Gasteiger partial charge in [-0.15, -0.1) is 12.4 Å². The van der Waals surface area contributed by atoms with Crippen molar-refractivity contribution in [2.45, 2.75) is 74.7 Å². The Morgan fingerprint density at radius 1 is 0.935 bits per heavy atom. The number of nitrogen functional groups attached to an aromatic ring is 1. The fourth-order valence-corrected chi connectivity index (χ4v) is 8.02. The third-order valence-electron chi connectivity index (χ3n) is 7.08. The van der Waals surface area contributed by atoms with E-state index < -0.39 is 20.6 Å². The third-order valence-corrected chi connectivity index (χ3v) is 11.5. The van der Waals surface area contributed by atoms with Crippen LogP contribution >= 0.6 is 27.6 Å². The van der Waals surface area contributed by atoms with E-state index in [1.54, 1.807) is 27.7 Å². The molecule has 0 aliphatic carbocycles. The smallest absolute Gasteiger partial charge is 0.324 e. The Hall–Kier alpha value is -2.13. The molecule has 1 aliphatic heterocycles. The first-order valence-electron chi connectivity index (χ1n) is 14.9. The number of nitrogens with one attached hydrogen (secondary N) is 1. The number of ketones is 1. The predicted octanol–water partition coefficient (Wildman–Crippen LogP) is 9.73. The van der Waals surface area contributed by atoms with Crippen LogP contribution in [0.25, 0.3) is 0 Å². The number of nitrogens with two attached hydrogens (primary N) is 1. The lowest BCUT2D eigenvalue weighted by atomic mass is 9.80. The van der Waals surface area contributed by atoms with Gasteiger partial charge in [0.25, 0.3) is 0 Å². The predicted molar refractivity (Wildman–Crippen MR) is 195 cm³/mol. The van der Waals surface area contributed by atoms with Gasteiger partial charge in [-0.25, -0.2) is 0 Å². The fraction of sp³-hybridized carbons (Fsp3) is 0.515. The first-order valence-corrected chi connectivity index (χ1v) is 18.2. The highest BCUT2D eigenvalue weighted by Gasteiger charge is 2.47. The number of carbonyl (C=O) groups excluding carboxylic acids is 1. The van der Waals surface area contributed by atoms with E-state index in [4.69, 9.17) is 23.9 Å². The minimum absolute atomic E-state index is 0. The minimum atomic E-state index is -3.39. The number of carbonyl (C=O) groups is 1. The number of rotatable bonds is 15. The molecule has 0 fully saturated rings. The zero-order valence-corrected chi connectivity index (χ0v) is 30.5. The molecule has 0 radical (unpaired) electrons. The Morgan fingerprint density at radius 2 is 1.41 bits per heavy atom. The van der Waals surface area contributed by atoms with Gasteiger partial charge >= 0.3 is 15.2 Å². The van der Waals surface area contributed by atoms with Gasteiger partial charge in [-0.05, 0) is 78.6 Å². The van der Waals surface area contributed by atoms with Gasteiger partial charge in [-0.3, -0.25) is 24.8 Å². The number of anilines is 1. The molecule has 0 saturated heterocycles. The fourth-order valence-electron chi connectivity index (χ4n) is 4.30. The highest BCUT2D eigenvalue weighted by Crippen LogP contribution is 2.63. The molecular formula is C33H56ClN3O7P2. The second kappa shape index (κ2) is 22.4. The van der Waals surface area contributed by atoms with Crippen LogP contribution in [-0.4, -0.2) is 44.1 Å². The first kappa shape index (κ1) is 46.0. The molecule has 1 heterocycles. The highest BCUT2D eigenvalue weighted by molar-refractivity contribution is 7.58. The van der Waals surface area contributed by atoms with Gasteiger partial charge < -0.3 is 23.5 Å². The maximum Gasteiger partial charge on any atom is 0.358 e. The summed E-state index contributed by atoms with van der Waals surface area (Å²) in [6.07, 6.45) is 0.863. The zero-order chi connectivity index (χ0) is 33.4. The summed E-state index contributed by atoms with van der Waals surface area (Å²) in [6, 6.07) is 17.4. The number of fused-ring (bicyclic) bond motifs is 1. The number of para-hydroxylation sites is 2. The molecule has 3 N–H and O–H groups in total. The number of hydrogen-bond donors (Lipinski definition) is 2. The SMILES string of the molecule is C.C=C(C1(C)C(C)=Nc2ccccc21)P(=O)(OCC)OCC.CCOP(=O)(CCC(C)C(C)=O)OCC.Cl.NNc1ccccc1. The number of hydrogen-bond acceptors (Lipinski definition) is 10. The summed E-state index contributed by atoms with van der Waals surface area (Å²) in [6.45, 7) is 19.8. The Labute approximate surface area is 283 Å². The van der Waals surface area contributed by atoms with E-state index in [2.05, 4.69) is 17.0 Å². The normalized spacial score (nSPS) is 15.6. The van der Waals surface area contributed by atoms with Crippen molar-refractivity contribution in [1.29, 1.82) is 0 Å². The second-order valence-corrected chi connectivity index (χ2v) is 14.3. The molecule has 2 unspecified atom stereocenters. The molecule has 0 saturated carbocycles. The van der Waals surface area contributed by atoms with Crippen LogP contribution in [0.5, 0.6) is 0 Å². The molecule has 0 spiro atoms. The number of aliphatic imine (C=N–C) groups is 1. The van der Waals surface area contributed by atoms with Crippen molar-refractivity contribution >= 4 is 50.5 Å². The average Bonchev–Trinajstić information content (AvgIpc) is 3.27. The van der Waals surface area contributed by atoms with E-state index in [0.29, 0.717) is 44.3 Å². The largest absolute Gasteiger partial charge is 0.358 e. The van der Waals surface area contributed by atoms with Crippen LogP contribution in [0.15, 0.2) is 71.5 Å². The van der Waals surface area contributed by atoms with Crippen molar-refractivity contribution in [2.75, 3.05) is 38.0 Å². The summed E-state index contributed by atoms with van der Waals surface area (Å²) >= 11 is 0. The lowest BCUT2D eigenvalue weighted by Gasteiger charge is -2.32. The van der Waals surface area contributed by atoms with Crippen LogP contribution in [0.1, 0.15) is 74.8 Å². The maximum atomic E-state index is 13.1. The van der Waals surface area contributed by atoms with E-state index in [-0.39, 0.29) is 31.5 Å². The van der Waals surface area contributed by atoms with E-state index in [0.717, 1.165) is 22.6 Å². The molecule has 2 aromatic carbocycles. The Kier molecular flexibility index (Phi) is 22.4. The molecule has 0 amide bonds. The Morgan fingerprint density at radius 3 is 1.85 bits per heavy atom. The van der Waals surface area contributed by atoms with Gasteiger partial charge in [0.1, 0.15) is 5.78 Å². The highest BCUT2D eigenvalue weighted by atomic mass is 35.5. The van der Waals surface area contributed by atoms with E-state index in [1.807, 2.05) is 75.4 Å². The molecule has 46 heavy (non-hydrogen) atoms. The van der Waals surface area contributed by atoms with Gasteiger partial charge in [0.05, 0.1) is 49.0 Å². The van der Waals surface area contributed by atoms with E-state index in [1.165, 1.54) is 6.92 Å². The average molecular weight is 704 g/mol. The van der Waals surface area contributed by atoms with Crippen LogP contribution in [0.4, 0.5) is 11.4 Å². The standard InChI is InChI=1S/C16H22NO3P.C10H21O4P.C6H8N2.CH4.ClH/c1-6-19-21(18,20-7-2)13(4)16(5)12(3)17-15-11-9-8-10-14(15)16;1-5-13-15(12,14-6-2)8-7-9(3)10(4)11;7-8-6-4-2-1-3-5-6;;/h8-11H,4,6-7H2,1-3,5H3;9H,5-8H2,1-4H3;1-5,8H,7H2;1H4;1H. The Bertz CT molecular complexity index is 1310. The summed E-state index contributed by atoms with van der Waals surface area (Å²) in [5.41, 5.74) is 5.57. The van der Waals surface area contributed by atoms with Crippen LogP contribution < -0.4 is 11.3 Å². The van der Waals surface area contributed by atoms with E-state index in [9.17, 15) is 13.9 Å². The number of halogens is 1. The topological polar surface area (TPSA) is 139 Å². The number of allylic oxidation sites excluding steroid dienone is 1. The van der Waals surface area contributed by atoms with Gasteiger partial charge in [-0.1, -0.05) is 57.3 Å². The molecule has 3 rings (SSSR count). The van der Waals surface area contributed by atoms with Crippen molar-refractivity contribution in [3.63, 3.8) is 0 Å². The molecule has 0 aromatic heterocycles. The van der Waals surface area contributed by atoms with Crippen molar-refractivity contribution in [2.24, 2.45) is 16.8 Å². The van der Waals surface area contributed by atoms with Crippen LogP contribution in [-0.2, 0) is 37.4 Å². The molecule has 262 valence electrons. The summed E-state index contributed by atoms with van der Waals surface area (Å²) in [5, 5.41) is 0.449. The number of nitrogens with zero attached hydrogens (tertiary/aromatic N) is 1. The molecule has 10 nitrogen and oxygen atoms in total. The monoisotopic (exact) mass is 703 g/mol. The molecule has 13 heteroatoms. The minimum Gasteiger partial charge on any atom is -0.324 e. The van der Waals surface area contributed by atoms with Crippen molar-refractivity contribution < 1.29 is 32.0 Å². The maximum absolute atomic E-state index is 13.1. The lowest BCUT2D eigenvalue weighted by molar-refractivity contribution is -0.120. The van der Waals surface area contributed by atoms with Gasteiger partial charge in [0.15, 0.2) is 0 Å². The van der Waals surface area contributed by atoms with Crippen LogP contribution in [0, 0.1) is 5.92 Å². The van der Waals surface area contributed by atoms with Crippen molar-refractivity contribution in [1.82, 2.24) is 0 Å². The van der Waals surface area contributed by atoms with Crippen LogP contribution in [0.2, 0.25) is 0 Å². The van der Waals surface area contributed by atoms with Gasteiger partial charge in [-0.2, -0.15) is 0 Å².